The van der Waals surface area contributed by atoms with E-state index in [0.717, 1.165) is 28.3 Å². The van der Waals surface area contributed by atoms with Gasteiger partial charge >= 0.3 is 0 Å². The molecule has 1 heterocycles. The van der Waals surface area contributed by atoms with E-state index in [-0.39, 0.29) is 5.54 Å². The van der Waals surface area contributed by atoms with Crippen LogP contribution in [-0.2, 0) is 12.6 Å². The van der Waals surface area contributed by atoms with Gasteiger partial charge in [-0.1, -0.05) is 6.07 Å². The van der Waals surface area contributed by atoms with Crippen molar-refractivity contribution >= 4 is 26.8 Å². The topological polar surface area (TPSA) is 43.8 Å². The maximum Gasteiger partial charge on any atom is 0.111 e. The average Bonchev–Trinajstić information content (AvgIpc) is 2.90. The summed E-state index contributed by atoms with van der Waals surface area (Å²) in [6.45, 7) is 0. The summed E-state index contributed by atoms with van der Waals surface area (Å²) < 4.78 is 2.86. The highest BCUT2D eigenvalue weighted by atomic mass is 79.9. The van der Waals surface area contributed by atoms with Gasteiger partial charge in [0, 0.05) is 18.0 Å². The Bertz CT molecular complexity index is 540. The van der Waals surface area contributed by atoms with Crippen LogP contribution in [0.25, 0.3) is 10.9 Å². The van der Waals surface area contributed by atoms with Gasteiger partial charge in [0.2, 0.25) is 0 Å². The van der Waals surface area contributed by atoms with E-state index < -0.39 is 0 Å². The molecule has 1 aromatic carbocycles. The van der Waals surface area contributed by atoms with E-state index in [1.165, 1.54) is 5.56 Å². The molecule has 1 aromatic heterocycles. The smallest absolute Gasteiger partial charge is 0.111 e. The van der Waals surface area contributed by atoms with Crippen LogP contribution in [-0.4, -0.2) is 9.78 Å². The molecule has 0 atom stereocenters. The second kappa shape index (κ2) is 2.83. The Morgan fingerprint density at radius 2 is 2.20 bits per heavy atom. The quantitative estimate of drug-likeness (QED) is 0.860. The third kappa shape index (κ3) is 1.32. The van der Waals surface area contributed by atoms with E-state index in [0.29, 0.717) is 0 Å². The van der Waals surface area contributed by atoms with Gasteiger partial charge < -0.3 is 5.73 Å². The number of fused-ring (bicyclic) bond motifs is 1. The molecule has 0 radical (unpaired) electrons. The van der Waals surface area contributed by atoms with E-state index >= 15 is 0 Å². The summed E-state index contributed by atoms with van der Waals surface area (Å²) in [6.07, 6.45) is 2.18. The third-order valence-corrected chi connectivity index (χ3v) is 4.07. The normalized spacial score (nSPS) is 18.3. The molecule has 0 saturated heterocycles. The number of nitrogens with zero attached hydrogens (tertiary/aromatic N) is 2. The molecular weight excluding hydrogens is 254 g/mol. The van der Waals surface area contributed by atoms with Crippen LogP contribution in [0, 0.1) is 0 Å². The van der Waals surface area contributed by atoms with Crippen LogP contribution in [0.2, 0.25) is 0 Å². The SMILES string of the molecule is Cn1nc2cc(C3(N)CC3)ccc2c1Br. The summed E-state index contributed by atoms with van der Waals surface area (Å²) in [5, 5.41) is 5.57. The highest BCUT2D eigenvalue weighted by molar-refractivity contribution is 9.10. The highest BCUT2D eigenvalue weighted by Crippen LogP contribution is 2.43. The van der Waals surface area contributed by atoms with E-state index in [4.69, 9.17) is 5.73 Å². The highest BCUT2D eigenvalue weighted by Gasteiger charge is 2.40. The van der Waals surface area contributed by atoms with Crippen LogP contribution < -0.4 is 5.73 Å². The van der Waals surface area contributed by atoms with Crippen molar-refractivity contribution in [1.82, 2.24) is 9.78 Å². The lowest BCUT2D eigenvalue weighted by molar-refractivity contribution is 0.739. The van der Waals surface area contributed by atoms with Crippen LogP contribution in [0.3, 0.4) is 0 Å². The number of nitrogens with two attached hydrogens (primary N) is 1. The molecule has 0 bridgehead atoms. The fraction of sp³-hybridized carbons (Fsp3) is 0.364. The molecule has 0 spiro atoms. The number of hydrogen-bond acceptors (Lipinski definition) is 2. The zero-order valence-corrected chi connectivity index (χ0v) is 10.1. The molecule has 3 rings (SSSR count). The Morgan fingerprint density at radius 1 is 1.47 bits per heavy atom. The third-order valence-electron chi connectivity index (χ3n) is 3.13. The van der Waals surface area contributed by atoms with Gasteiger partial charge in [-0.3, -0.25) is 4.68 Å². The molecule has 1 aliphatic carbocycles. The van der Waals surface area contributed by atoms with Crippen molar-refractivity contribution in [1.29, 1.82) is 0 Å². The molecule has 2 aromatic rings. The van der Waals surface area contributed by atoms with Gasteiger partial charge in [-0.25, -0.2) is 0 Å². The first-order valence-corrected chi connectivity index (χ1v) is 5.81. The summed E-state index contributed by atoms with van der Waals surface area (Å²) in [6, 6.07) is 6.31. The summed E-state index contributed by atoms with van der Waals surface area (Å²) in [5.41, 5.74) is 8.31. The summed E-state index contributed by atoms with van der Waals surface area (Å²) >= 11 is 3.51. The van der Waals surface area contributed by atoms with Crippen molar-refractivity contribution in [2.45, 2.75) is 18.4 Å². The van der Waals surface area contributed by atoms with Gasteiger partial charge in [-0.2, -0.15) is 5.10 Å². The standard InChI is InChI=1S/C11H12BrN3/c1-15-10(12)8-3-2-7(6-9(8)14-15)11(13)4-5-11/h2-3,6H,4-5,13H2,1H3. The molecular formula is C11H12BrN3. The van der Waals surface area contributed by atoms with Crippen LogP contribution in [0.4, 0.5) is 0 Å². The number of aromatic nitrogens is 2. The van der Waals surface area contributed by atoms with E-state index in [9.17, 15) is 0 Å². The second-order valence-corrected chi connectivity index (χ2v) is 5.05. The van der Waals surface area contributed by atoms with Crippen molar-refractivity contribution in [2.75, 3.05) is 0 Å². The van der Waals surface area contributed by atoms with Crippen LogP contribution in [0.5, 0.6) is 0 Å². The number of hydrogen-bond donors (Lipinski definition) is 1. The van der Waals surface area contributed by atoms with Crippen LogP contribution in [0.1, 0.15) is 18.4 Å². The van der Waals surface area contributed by atoms with Crippen molar-refractivity contribution in [3.8, 4) is 0 Å². The fourth-order valence-electron chi connectivity index (χ4n) is 1.90. The maximum absolute atomic E-state index is 6.16. The summed E-state index contributed by atoms with van der Waals surface area (Å²) in [5.74, 6) is 0. The Labute approximate surface area is 96.4 Å². The lowest BCUT2D eigenvalue weighted by Crippen LogP contribution is -2.18. The minimum absolute atomic E-state index is 0.0712. The zero-order chi connectivity index (χ0) is 10.6. The fourth-order valence-corrected chi connectivity index (χ4v) is 2.32. The lowest BCUT2D eigenvalue weighted by atomic mass is 10.0. The average molecular weight is 266 g/mol. The Hall–Kier alpha value is -0.870. The van der Waals surface area contributed by atoms with Crippen LogP contribution >= 0.6 is 15.9 Å². The van der Waals surface area contributed by atoms with Crippen molar-refractivity contribution in [3.05, 3.63) is 28.4 Å². The first-order valence-electron chi connectivity index (χ1n) is 5.02. The number of benzene rings is 1. The van der Waals surface area contributed by atoms with E-state index in [1.54, 1.807) is 0 Å². The number of rotatable bonds is 1. The molecule has 15 heavy (non-hydrogen) atoms. The van der Waals surface area contributed by atoms with Crippen molar-refractivity contribution in [2.24, 2.45) is 12.8 Å². The van der Waals surface area contributed by atoms with Gasteiger partial charge in [-0.05, 0) is 46.5 Å². The monoisotopic (exact) mass is 265 g/mol. The van der Waals surface area contributed by atoms with Gasteiger partial charge in [0.25, 0.3) is 0 Å². The first-order chi connectivity index (χ1) is 7.10. The minimum atomic E-state index is -0.0712. The van der Waals surface area contributed by atoms with Gasteiger partial charge in [0.15, 0.2) is 0 Å². The second-order valence-electron chi connectivity index (χ2n) is 4.30. The molecule has 3 nitrogen and oxygen atoms in total. The molecule has 78 valence electrons. The largest absolute Gasteiger partial charge is 0.321 e. The van der Waals surface area contributed by atoms with Gasteiger partial charge in [-0.15, -0.1) is 0 Å². The Kier molecular flexibility index (Phi) is 1.77. The molecule has 1 saturated carbocycles. The predicted octanol–water partition coefficient (Wildman–Crippen LogP) is 2.28. The molecule has 0 unspecified atom stereocenters. The molecule has 1 aliphatic rings. The molecule has 2 N–H and O–H groups in total. The van der Waals surface area contributed by atoms with E-state index in [2.05, 4.69) is 39.2 Å². The van der Waals surface area contributed by atoms with Crippen LogP contribution in [0.15, 0.2) is 22.8 Å². The first kappa shape index (κ1) is 9.36. The van der Waals surface area contributed by atoms with Gasteiger partial charge in [0.1, 0.15) is 4.60 Å². The molecule has 4 heteroatoms. The molecule has 0 aliphatic heterocycles. The predicted molar refractivity (Wildman–Crippen MR) is 63.5 cm³/mol. The maximum atomic E-state index is 6.16. The molecule has 1 fully saturated rings. The number of aryl methyl sites for hydroxylation is 1. The summed E-state index contributed by atoms with van der Waals surface area (Å²) in [7, 11) is 1.93. The van der Waals surface area contributed by atoms with Crippen molar-refractivity contribution in [3.63, 3.8) is 0 Å². The Morgan fingerprint density at radius 3 is 2.87 bits per heavy atom. The zero-order valence-electron chi connectivity index (χ0n) is 8.50. The van der Waals surface area contributed by atoms with E-state index in [1.807, 2.05) is 11.7 Å². The molecule has 0 amide bonds. The summed E-state index contributed by atoms with van der Waals surface area (Å²) in [4.78, 5) is 0. The van der Waals surface area contributed by atoms with Crippen molar-refractivity contribution < 1.29 is 0 Å². The van der Waals surface area contributed by atoms with Gasteiger partial charge in [0.05, 0.1) is 5.52 Å². The minimum Gasteiger partial charge on any atom is -0.321 e. The Balaban J connectivity index is 2.22. The number of halogens is 1. The lowest BCUT2D eigenvalue weighted by Gasteiger charge is -2.07.